The Hall–Kier alpha value is -2.10. The van der Waals surface area contributed by atoms with Crippen LogP contribution in [0.1, 0.15) is 44.1 Å². The van der Waals surface area contributed by atoms with Crippen LogP contribution >= 0.6 is 0 Å². The summed E-state index contributed by atoms with van der Waals surface area (Å²) in [4.78, 5) is 16.2. The molecule has 10 heteroatoms. The fourth-order valence-electron chi connectivity index (χ4n) is 3.89. The standard InChI is InChI=1S/C19H26F4N4O2/c1-29-18-11(10-25-17(28)15-3-2-8-24-15)9-14(20)16(27-18)26-13-6-4-12(5-7-13)19(21,22)23/h9,12-13,15,24H,2-8,10H2,1H3,(H,25,28)(H,26,27)/t12-,13-,15-/m0/s1. The molecule has 3 rings (SSSR count). The molecule has 0 radical (unpaired) electrons. The number of amides is 1. The number of ether oxygens (including phenoxy) is 1. The Labute approximate surface area is 166 Å². The van der Waals surface area contributed by atoms with Gasteiger partial charge in [0.1, 0.15) is 0 Å². The molecule has 0 bridgehead atoms. The first-order valence-corrected chi connectivity index (χ1v) is 9.85. The molecule has 0 unspecified atom stereocenters. The normalized spacial score (nSPS) is 24.9. The van der Waals surface area contributed by atoms with E-state index >= 15 is 0 Å². The van der Waals surface area contributed by atoms with E-state index in [1.165, 1.54) is 13.2 Å². The highest BCUT2D eigenvalue weighted by Gasteiger charge is 2.41. The third kappa shape index (κ3) is 5.49. The molecule has 0 spiro atoms. The minimum Gasteiger partial charge on any atom is -0.481 e. The van der Waals surface area contributed by atoms with Crippen LogP contribution in [0.2, 0.25) is 0 Å². The summed E-state index contributed by atoms with van der Waals surface area (Å²) in [5, 5.41) is 8.74. The molecule has 2 heterocycles. The van der Waals surface area contributed by atoms with E-state index in [2.05, 4.69) is 20.9 Å². The van der Waals surface area contributed by atoms with Gasteiger partial charge in [0.25, 0.3) is 0 Å². The molecule has 1 atom stereocenters. The van der Waals surface area contributed by atoms with Crippen LogP contribution in [-0.2, 0) is 11.3 Å². The van der Waals surface area contributed by atoms with Crippen molar-refractivity contribution >= 4 is 11.7 Å². The van der Waals surface area contributed by atoms with Crippen LogP contribution in [0.5, 0.6) is 5.88 Å². The first-order chi connectivity index (χ1) is 13.8. The lowest BCUT2D eigenvalue weighted by molar-refractivity contribution is -0.182. The second-order valence-electron chi connectivity index (χ2n) is 7.59. The Morgan fingerprint density at radius 1 is 1.28 bits per heavy atom. The maximum Gasteiger partial charge on any atom is 0.391 e. The number of aromatic nitrogens is 1. The van der Waals surface area contributed by atoms with Gasteiger partial charge in [0.2, 0.25) is 11.8 Å². The minimum absolute atomic E-state index is 0.0131. The lowest BCUT2D eigenvalue weighted by Gasteiger charge is -2.30. The zero-order valence-electron chi connectivity index (χ0n) is 16.2. The van der Waals surface area contributed by atoms with E-state index in [0.29, 0.717) is 18.4 Å². The fraction of sp³-hybridized carbons (Fsp3) is 0.684. The lowest BCUT2D eigenvalue weighted by atomic mass is 9.85. The Balaban J connectivity index is 1.60. The molecule has 1 aromatic rings. The summed E-state index contributed by atoms with van der Waals surface area (Å²) < 4.78 is 58.1. The molecule has 29 heavy (non-hydrogen) atoms. The molecular formula is C19H26F4N4O2. The zero-order valence-corrected chi connectivity index (χ0v) is 16.2. The van der Waals surface area contributed by atoms with Gasteiger partial charge in [-0.2, -0.15) is 18.2 Å². The maximum atomic E-state index is 14.5. The molecule has 2 fully saturated rings. The van der Waals surface area contributed by atoms with Crippen molar-refractivity contribution in [3.05, 3.63) is 17.4 Å². The third-order valence-corrected chi connectivity index (χ3v) is 5.57. The number of anilines is 1. The van der Waals surface area contributed by atoms with Gasteiger partial charge in [-0.25, -0.2) is 4.39 Å². The van der Waals surface area contributed by atoms with Gasteiger partial charge in [0, 0.05) is 18.2 Å². The molecule has 3 N–H and O–H groups in total. The summed E-state index contributed by atoms with van der Waals surface area (Å²) in [7, 11) is 1.39. The molecule has 1 aliphatic carbocycles. The van der Waals surface area contributed by atoms with Crippen molar-refractivity contribution in [1.82, 2.24) is 15.6 Å². The highest BCUT2D eigenvalue weighted by atomic mass is 19.4. The summed E-state index contributed by atoms with van der Waals surface area (Å²) in [6.07, 6.45) is -1.88. The van der Waals surface area contributed by atoms with Crippen molar-refractivity contribution in [3.63, 3.8) is 0 Å². The number of nitrogens with zero attached hydrogens (tertiary/aromatic N) is 1. The predicted molar refractivity (Wildman–Crippen MR) is 99.0 cm³/mol. The summed E-state index contributed by atoms with van der Waals surface area (Å²) in [5.74, 6) is -1.98. The first-order valence-electron chi connectivity index (χ1n) is 9.85. The van der Waals surface area contributed by atoms with Crippen molar-refractivity contribution in [1.29, 1.82) is 0 Å². The second-order valence-corrected chi connectivity index (χ2v) is 7.59. The van der Waals surface area contributed by atoms with Gasteiger partial charge in [-0.3, -0.25) is 4.79 Å². The molecule has 1 amide bonds. The average Bonchev–Trinajstić information content (AvgIpc) is 3.22. The third-order valence-electron chi connectivity index (χ3n) is 5.57. The number of carbonyl (C=O) groups is 1. The van der Waals surface area contributed by atoms with Gasteiger partial charge in [0.05, 0.1) is 19.1 Å². The van der Waals surface area contributed by atoms with E-state index in [1.807, 2.05) is 0 Å². The largest absolute Gasteiger partial charge is 0.481 e. The van der Waals surface area contributed by atoms with Crippen molar-refractivity contribution in [3.8, 4) is 5.88 Å². The van der Waals surface area contributed by atoms with Crippen molar-refractivity contribution < 1.29 is 27.1 Å². The molecule has 1 saturated carbocycles. The molecule has 162 valence electrons. The summed E-state index contributed by atoms with van der Waals surface area (Å²) in [6.45, 7) is 0.865. The Morgan fingerprint density at radius 3 is 2.59 bits per heavy atom. The molecule has 6 nitrogen and oxygen atoms in total. The molecule has 0 aromatic carbocycles. The SMILES string of the molecule is COc1nc(N[C@H]2CC[C@H](C(F)(F)F)CC2)c(F)cc1CNC(=O)[C@@H]1CCCN1. The van der Waals surface area contributed by atoms with Gasteiger partial charge < -0.3 is 20.7 Å². The highest BCUT2D eigenvalue weighted by molar-refractivity contribution is 5.82. The van der Waals surface area contributed by atoms with E-state index in [4.69, 9.17) is 4.74 Å². The molecule has 2 aliphatic rings. The van der Waals surface area contributed by atoms with Gasteiger partial charge in [0.15, 0.2) is 11.6 Å². The van der Waals surface area contributed by atoms with Crippen LogP contribution in [0.3, 0.4) is 0 Å². The second kappa shape index (κ2) is 9.15. The minimum atomic E-state index is -4.18. The van der Waals surface area contributed by atoms with Crippen molar-refractivity contribution in [2.75, 3.05) is 19.0 Å². The van der Waals surface area contributed by atoms with Gasteiger partial charge in [-0.05, 0) is 51.1 Å². The number of halogens is 4. The van der Waals surface area contributed by atoms with Crippen LogP contribution in [0.15, 0.2) is 6.07 Å². The van der Waals surface area contributed by atoms with E-state index in [0.717, 1.165) is 19.4 Å². The predicted octanol–water partition coefficient (Wildman–Crippen LogP) is 3.13. The number of alkyl halides is 3. The van der Waals surface area contributed by atoms with E-state index < -0.39 is 17.9 Å². The summed E-state index contributed by atoms with van der Waals surface area (Å²) in [5.41, 5.74) is 0.391. The van der Waals surface area contributed by atoms with E-state index in [-0.39, 0.29) is 49.1 Å². The van der Waals surface area contributed by atoms with Crippen LogP contribution < -0.4 is 20.7 Å². The van der Waals surface area contributed by atoms with Gasteiger partial charge in [-0.1, -0.05) is 0 Å². The van der Waals surface area contributed by atoms with E-state index in [1.54, 1.807) is 0 Å². The molecule has 1 saturated heterocycles. The highest BCUT2D eigenvalue weighted by Crippen LogP contribution is 2.38. The quantitative estimate of drug-likeness (QED) is 0.619. The van der Waals surface area contributed by atoms with Gasteiger partial charge >= 0.3 is 6.18 Å². The van der Waals surface area contributed by atoms with E-state index in [9.17, 15) is 22.4 Å². The van der Waals surface area contributed by atoms with Crippen LogP contribution in [0.25, 0.3) is 0 Å². The molecular weight excluding hydrogens is 392 g/mol. The smallest absolute Gasteiger partial charge is 0.391 e. The Kier molecular flexibility index (Phi) is 6.81. The Morgan fingerprint density at radius 2 is 2.00 bits per heavy atom. The number of rotatable bonds is 6. The van der Waals surface area contributed by atoms with Crippen molar-refractivity contribution in [2.45, 2.75) is 63.3 Å². The number of hydrogen-bond acceptors (Lipinski definition) is 5. The Bertz CT molecular complexity index is 715. The lowest BCUT2D eigenvalue weighted by Crippen LogP contribution is -2.40. The topological polar surface area (TPSA) is 75.3 Å². The number of methoxy groups -OCH3 is 1. The average molecular weight is 418 g/mol. The fourth-order valence-corrected chi connectivity index (χ4v) is 3.89. The van der Waals surface area contributed by atoms with Gasteiger partial charge in [-0.15, -0.1) is 0 Å². The zero-order chi connectivity index (χ0) is 21.0. The van der Waals surface area contributed by atoms with Crippen LogP contribution in [-0.4, -0.2) is 42.8 Å². The van der Waals surface area contributed by atoms with Crippen LogP contribution in [0.4, 0.5) is 23.4 Å². The molecule has 1 aromatic heterocycles. The number of nitrogens with one attached hydrogen (secondary N) is 3. The maximum absolute atomic E-state index is 14.5. The van der Waals surface area contributed by atoms with Crippen LogP contribution in [0, 0.1) is 11.7 Å². The molecule has 1 aliphatic heterocycles. The first kappa shape index (κ1) is 21.6. The number of pyridine rings is 1. The number of hydrogen-bond donors (Lipinski definition) is 3. The number of carbonyl (C=O) groups excluding carboxylic acids is 1. The summed E-state index contributed by atoms with van der Waals surface area (Å²) >= 11 is 0. The summed E-state index contributed by atoms with van der Waals surface area (Å²) in [6, 6.07) is 0.712. The monoisotopic (exact) mass is 418 g/mol. The van der Waals surface area contributed by atoms with Crippen molar-refractivity contribution in [2.24, 2.45) is 5.92 Å².